The lowest BCUT2D eigenvalue weighted by atomic mass is 10.0. The van der Waals surface area contributed by atoms with Crippen LogP contribution in [0.5, 0.6) is 0 Å². The molecule has 0 aliphatic heterocycles. The summed E-state index contributed by atoms with van der Waals surface area (Å²) >= 11 is 13.3. The zero-order valence-corrected chi connectivity index (χ0v) is 23.8. The van der Waals surface area contributed by atoms with Gasteiger partial charge in [0.1, 0.15) is 0 Å². The molecule has 3 aromatic rings. The molecule has 202 valence electrons. The molecule has 0 saturated carbocycles. The number of halogens is 2. The third kappa shape index (κ3) is 7.72. The molecule has 2 amide bonds. The van der Waals surface area contributed by atoms with Crippen LogP contribution in [0, 0.1) is 5.92 Å². The van der Waals surface area contributed by atoms with Gasteiger partial charge < -0.3 is 19.9 Å². The summed E-state index contributed by atoms with van der Waals surface area (Å²) in [6.07, 6.45) is 0.726. The number of hydrogen-bond donors (Lipinski definition) is 2. The van der Waals surface area contributed by atoms with Gasteiger partial charge >= 0.3 is 5.97 Å². The van der Waals surface area contributed by atoms with Crippen LogP contribution in [0.15, 0.2) is 47.6 Å². The fourth-order valence-electron chi connectivity index (χ4n) is 3.47. The van der Waals surface area contributed by atoms with Gasteiger partial charge in [0.2, 0.25) is 5.91 Å². The van der Waals surface area contributed by atoms with Gasteiger partial charge in [-0.3, -0.25) is 9.59 Å². The van der Waals surface area contributed by atoms with Crippen molar-refractivity contribution in [2.75, 3.05) is 17.7 Å². The van der Waals surface area contributed by atoms with E-state index in [1.54, 1.807) is 48.0 Å². The fraction of sp³-hybridized carbons (Fsp3) is 0.346. The Kier molecular flexibility index (Phi) is 10.6. The largest absolute Gasteiger partial charge is 0.462 e. The van der Waals surface area contributed by atoms with Crippen molar-refractivity contribution >= 4 is 58.4 Å². The first-order valence-electron chi connectivity index (χ1n) is 12.0. The van der Waals surface area contributed by atoms with E-state index in [2.05, 4.69) is 20.8 Å². The quantitative estimate of drug-likeness (QED) is 0.227. The van der Waals surface area contributed by atoms with E-state index in [0.717, 1.165) is 6.42 Å². The topological polar surface area (TPSA) is 115 Å². The highest BCUT2D eigenvalue weighted by atomic mass is 35.5. The van der Waals surface area contributed by atoms with E-state index in [-0.39, 0.29) is 28.5 Å². The minimum Gasteiger partial charge on any atom is -0.462 e. The number of ether oxygens (including phenoxy) is 1. The van der Waals surface area contributed by atoms with Crippen LogP contribution in [0.4, 0.5) is 5.69 Å². The Morgan fingerprint density at radius 1 is 1.11 bits per heavy atom. The molecular weight excluding hydrogens is 549 g/mol. The first-order valence-corrected chi connectivity index (χ1v) is 13.7. The van der Waals surface area contributed by atoms with Crippen LogP contribution in [-0.2, 0) is 16.6 Å². The highest BCUT2D eigenvalue weighted by Crippen LogP contribution is 2.26. The summed E-state index contributed by atoms with van der Waals surface area (Å²) < 4.78 is 6.89. The van der Waals surface area contributed by atoms with E-state index in [1.165, 1.54) is 17.8 Å². The van der Waals surface area contributed by atoms with Crippen molar-refractivity contribution in [3.05, 3.63) is 69.5 Å². The second kappa shape index (κ2) is 13.6. The number of aromatic nitrogens is 3. The molecule has 2 aromatic carbocycles. The maximum atomic E-state index is 12.9. The molecule has 1 heterocycles. The number of nitrogens with zero attached hydrogens (tertiary/aromatic N) is 3. The van der Waals surface area contributed by atoms with E-state index >= 15 is 0 Å². The average molecular weight is 579 g/mol. The van der Waals surface area contributed by atoms with Crippen LogP contribution in [0.25, 0.3) is 0 Å². The van der Waals surface area contributed by atoms with Crippen molar-refractivity contribution in [3.8, 4) is 0 Å². The van der Waals surface area contributed by atoms with E-state index in [1.807, 2.05) is 20.8 Å². The number of anilines is 1. The lowest BCUT2D eigenvalue weighted by Crippen LogP contribution is -2.33. The van der Waals surface area contributed by atoms with Crippen molar-refractivity contribution in [2.45, 2.75) is 38.4 Å². The van der Waals surface area contributed by atoms with E-state index in [4.69, 9.17) is 27.9 Å². The molecule has 0 fully saturated rings. The number of thioether (sulfide) groups is 1. The van der Waals surface area contributed by atoms with Gasteiger partial charge in [0, 0.05) is 17.8 Å². The van der Waals surface area contributed by atoms with Crippen LogP contribution < -0.4 is 10.6 Å². The molecule has 1 atom stereocenters. The molecule has 0 unspecified atom stereocenters. The van der Waals surface area contributed by atoms with Gasteiger partial charge in [0.05, 0.1) is 34.6 Å². The normalized spacial score (nSPS) is 11.8. The number of hydrogen-bond acceptors (Lipinski definition) is 7. The predicted octanol–water partition coefficient (Wildman–Crippen LogP) is 5.55. The second-order valence-electron chi connectivity index (χ2n) is 8.77. The van der Waals surface area contributed by atoms with Gasteiger partial charge in [-0.25, -0.2) is 4.79 Å². The molecule has 9 nitrogen and oxygen atoms in total. The molecule has 38 heavy (non-hydrogen) atoms. The SMILES string of the molecule is CCCOC(=O)c1cccc(NC(=O)CSc2nnc([C@H](NC(=O)c3ccc(Cl)cc3Cl)C(C)C)n2C)c1. The number of esters is 1. The standard InChI is InChI=1S/C26H29Cl2N5O4S/c1-5-11-37-25(36)16-7-6-8-18(12-16)29-21(34)14-38-26-32-31-23(33(26)4)22(15(2)3)30-24(35)19-10-9-17(27)13-20(19)28/h6-10,12-13,15,22H,5,11,14H2,1-4H3,(H,29,34)(H,30,35)/t22-/m1/s1. The first kappa shape index (κ1) is 29.5. The Labute approximate surface area is 235 Å². The van der Waals surface area contributed by atoms with E-state index in [9.17, 15) is 14.4 Å². The first-order chi connectivity index (χ1) is 18.1. The Morgan fingerprint density at radius 3 is 2.55 bits per heavy atom. The summed E-state index contributed by atoms with van der Waals surface area (Å²) in [6.45, 7) is 6.16. The van der Waals surface area contributed by atoms with Gasteiger partial charge in [-0.05, 0) is 48.7 Å². The number of nitrogens with one attached hydrogen (secondary N) is 2. The van der Waals surface area contributed by atoms with Gasteiger partial charge in [-0.1, -0.05) is 61.8 Å². The minimum absolute atomic E-state index is 0.00892. The van der Waals surface area contributed by atoms with Crippen molar-refractivity contribution in [1.82, 2.24) is 20.1 Å². The molecule has 3 rings (SSSR count). The zero-order valence-electron chi connectivity index (χ0n) is 21.5. The summed E-state index contributed by atoms with van der Waals surface area (Å²) in [4.78, 5) is 37.6. The van der Waals surface area contributed by atoms with E-state index in [0.29, 0.717) is 39.4 Å². The molecule has 0 radical (unpaired) electrons. The van der Waals surface area contributed by atoms with E-state index < -0.39 is 12.0 Å². The average Bonchev–Trinajstić information content (AvgIpc) is 3.24. The number of rotatable bonds is 11. The summed E-state index contributed by atoms with van der Waals surface area (Å²) in [6, 6.07) is 10.8. The third-order valence-electron chi connectivity index (χ3n) is 5.43. The Bertz CT molecular complexity index is 1310. The van der Waals surface area contributed by atoms with Gasteiger partial charge in [-0.15, -0.1) is 10.2 Å². The number of amides is 2. The molecular formula is C26H29Cl2N5O4S. The third-order valence-corrected chi connectivity index (χ3v) is 7.00. The maximum Gasteiger partial charge on any atom is 0.338 e. The van der Waals surface area contributed by atoms with Crippen molar-refractivity contribution < 1.29 is 19.1 Å². The minimum atomic E-state index is -0.454. The molecule has 1 aromatic heterocycles. The van der Waals surface area contributed by atoms with Crippen LogP contribution in [-0.4, -0.2) is 44.9 Å². The highest BCUT2D eigenvalue weighted by Gasteiger charge is 2.26. The number of carbonyl (C=O) groups is 3. The summed E-state index contributed by atoms with van der Waals surface area (Å²) in [7, 11) is 1.78. The van der Waals surface area contributed by atoms with Crippen molar-refractivity contribution in [2.24, 2.45) is 13.0 Å². The molecule has 0 saturated heterocycles. The summed E-state index contributed by atoms with van der Waals surface area (Å²) in [5, 5.41) is 15.4. The van der Waals surface area contributed by atoms with Crippen LogP contribution in [0.3, 0.4) is 0 Å². The molecule has 0 bridgehead atoms. The van der Waals surface area contributed by atoms with Crippen LogP contribution >= 0.6 is 35.0 Å². The smallest absolute Gasteiger partial charge is 0.338 e. The van der Waals surface area contributed by atoms with Crippen LogP contribution in [0.1, 0.15) is 59.8 Å². The zero-order chi connectivity index (χ0) is 27.8. The second-order valence-corrected chi connectivity index (χ2v) is 10.6. The maximum absolute atomic E-state index is 12.9. The molecule has 0 spiro atoms. The molecule has 12 heteroatoms. The van der Waals surface area contributed by atoms with Crippen LogP contribution in [0.2, 0.25) is 10.0 Å². The Balaban J connectivity index is 1.64. The Hall–Kier alpha value is -3.08. The van der Waals surface area contributed by atoms with Crippen molar-refractivity contribution in [1.29, 1.82) is 0 Å². The molecule has 0 aliphatic rings. The lowest BCUT2D eigenvalue weighted by Gasteiger charge is -2.22. The number of benzene rings is 2. The highest BCUT2D eigenvalue weighted by molar-refractivity contribution is 7.99. The number of carbonyl (C=O) groups excluding carboxylic acids is 3. The monoisotopic (exact) mass is 577 g/mol. The van der Waals surface area contributed by atoms with Gasteiger partial charge in [0.25, 0.3) is 5.91 Å². The van der Waals surface area contributed by atoms with Gasteiger partial charge in [-0.2, -0.15) is 0 Å². The predicted molar refractivity (Wildman–Crippen MR) is 149 cm³/mol. The lowest BCUT2D eigenvalue weighted by molar-refractivity contribution is -0.113. The summed E-state index contributed by atoms with van der Waals surface area (Å²) in [5.41, 5.74) is 1.16. The molecule has 2 N–H and O–H groups in total. The van der Waals surface area contributed by atoms with Crippen molar-refractivity contribution in [3.63, 3.8) is 0 Å². The summed E-state index contributed by atoms with van der Waals surface area (Å²) in [5.74, 6) is -0.471. The fourth-order valence-corrected chi connectivity index (χ4v) is 4.69. The molecule has 0 aliphatic carbocycles. The Morgan fingerprint density at radius 2 is 1.87 bits per heavy atom. The van der Waals surface area contributed by atoms with Gasteiger partial charge in [0.15, 0.2) is 11.0 Å².